The summed E-state index contributed by atoms with van der Waals surface area (Å²) in [4.78, 5) is 0. The van der Waals surface area contributed by atoms with Gasteiger partial charge in [-0.2, -0.15) is 0 Å². The minimum Gasteiger partial charge on any atom is -0.143 e. The van der Waals surface area contributed by atoms with E-state index < -0.39 is 0 Å². The first-order valence-corrected chi connectivity index (χ1v) is 11.2. The van der Waals surface area contributed by atoms with E-state index in [1.54, 1.807) is 0 Å². The van der Waals surface area contributed by atoms with Crippen molar-refractivity contribution in [1.29, 1.82) is 0 Å². The maximum Gasteiger partial charge on any atom is 0.106 e. The lowest BCUT2D eigenvalue weighted by Gasteiger charge is -2.17. The standard InChI is InChI=1S/C20H40Si/c1-5-21-19-17-15-13-11-9-7-6-8-10-12-14-16-18-20(2,3)4/h1H,6-19,21H2,2-4H3. The molecular formula is C20H40Si. The molecule has 0 aromatic rings. The van der Waals surface area contributed by atoms with Gasteiger partial charge in [-0.05, 0) is 11.8 Å². The van der Waals surface area contributed by atoms with Crippen LogP contribution < -0.4 is 0 Å². The first-order valence-electron chi connectivity index (χ1n) is 9.50. The summed E-state index contributed by atoms with van der Waals surface area (Å²) in [5.41, 5.74) is 3.39. The maximum absolute atomic E-state index is 5.31. The molecule has 0 rings (SSSR count). The summed E-state index contributed by atoms with van der Waals surface area (Å²) >= 11 is 0. The minimum absolute atomic E-state index is 0.119. The van der Waals surface area contributed by atoms with Crippen LogP contribution in [0.25, 0.3) is 0 Å². The zero-order chi connectivity index (χ0) is 15.8. The molecule has 0 bridgehead atoms. The van der Waals surface area contributed by atoms with Crippen LogP contribution in [0.1, 0.15) is 104 Å². The predicted molar refractivity (Wildman–Crippen MR) is 102 cm³/mol. The largest absolute Gasteiger partial charge is 0.143 e. The van der Waals surface area contributed by atoms with Crippen molar-refractivity contribution in [1.82, 2.24) is 0 Å². The third kappa shape index (κ3) is 19.8. The van der Waals surface area contributed by atoms with E-state index in [0.29, 0.717) is 5.41 Å². The summed E-state index contributed by atoms with van der Waals surface area (Å²) in [6.07, 6.45) is 24.0. The Morgan fingerprint density at radius 3 is 1.43 bits per heavy atom. The van der Waals surface area contributed by atoms with Gasteiger partial charge < -0.3 is 0 Å². The molecule has 0 saturated carbocycles. The number of rotatable bonds is 14. The Labute approximate surface area is 137 Å². The van der Waals surface area contributed by atoms with Crippen LogP contribution in [0, 0.1) is 17.4 Å². The maximum atomic E-state index is 5.31. The fourth-order valence-electron chi connectivity index (χ4n) is 2.83. The van der Waals surface area contributed by atoms with Gasteiger partial charge in [0, 0.05) is 0 Å². The number of hydrogen-bond acceptors (Lipinski definition) is 0. The summed E-state index contributed by atoms with van der Waals surface area (Å²) in [6, 6.07) is 1.37. The molecule has 0 aromatic carbocycles. The summed E-state index contributed by atoms with van der Waals surface area (Å²) < 4.78 is 0. The number of terminal acetylenes is 1. The normalized spacial score (nSPS) is 12.1. The van der Waals surface area contributed by atoms with Crippen molar-refractivity contribution < 1.29 is 0 Å². The van der Waals surface area contributed by atoms with Crippen LogP contribution in [0.2, 0.25) is 6.04 Å². The van der Waals surface area contributed by atoms with Gasteiger partial charge in [-0.25, -0.2) is 0 Å². The molecule has 0 aliphatic heterocycles. The molecule has 0 spiro atoms. The molecule has 0 heterocycles. The molecule has 0 aliphatic rings. The van der Waals surface area contributed by atoms with Crippen molar-refractivity contribution in [3.8, 4) is 12.0 Å². The molecule has 0 unspecified atom stereocenters. The van der Waals surface area contributed by atoms with Crippen molar-refractivity contribution in [2.45, 2.75) is 110 Å². The van der Waals surface area contributed by atoms with Crippen molar-refractivity contribution in [2.24, 2.45) is 5.41 Å². The van der Waals surface area contributed by atoms with Gasteiger partial charge in [0.05, 0.1) is 0 Å². The van der Waals surface area contributed by atoms with E-state index in [1.807, 2.05) is 0 Å². The smallest absolute Gasteiger partial charge is 0.106 e. The SMILES string of the molecule is C#C[SiH2]CCCCCCCCCCCCCCC(C)(C)C. The van der Waals surface area contributed by atoms with Gasteiger partial charge in [0.25, 0.3) is 0 Å². The van der Waals surface area contributed by atoms with E-state index in [9.17, 15) is 0 Å². The summed E-state index contributed by atoms with van der Waals surface area (Å²) in [5.74, 6) is 0. The molecule has 0 fully saturated rings. The van der Waals surface area contributed by atoms with Crippen LogP contribution in [-0.4, -0.2) is 9.52 Å². The van der Waals surface area contributed by atoms with Crippen molar-refractivity contribution in [2.75, 3.05) is 0 Å². The Bertz CT molecular complexity index is 244. The van der Waals surface area contributed by atoms with Crippen LogP contribution in [0.15, 0.2) is 0 Å². The van der Waals surface area contributed by atoms with Gasteiger partial charge in [-0.15, -0.1) is 12.0 Å². The first kappa shape index (κ1) is 20.8. The molecule has 0 nitrogen and oxygen atoms in total. The van der Waals surface area contributed by atoms with E-state index in [0.717, 1.165) is 0 Å². The molecule has 21 heavy (non-hydrogen) atoms. The zero-order valence-electron chi connectivity index (χ0n) is 15.2. The molecule has 0 atom stereocenters. The van der Waals surface area contributed by atoms with E-state index in [-0.39, 0.29) is 9.52 Å². The lowest BCUT2D eigenvalue weighted by atomic mass is 9.89. The van der Waals surface area contributed by atoms with Gasteiger partial charge in [0.15, 0.2) is 0 Å². The lowest BCUT2D eigenvalue weighted by molar-refractivity contribution is 0.356. The number of unbranched alkanes of at least 4 members (excludes halogenated alkanes) is 11. The van der Waals surface area contributed by atoms with E-state index in [1.165, 1.54) is 89.5 Å². The highest BCUT2D eigenvalue weighted by atomic mass is 28.2. The molecule has 0 aromatic heterocycles. The van der Waals surface area contributed by atoms with Gasteiger partial charge >= 0.3 is 0 Å². The van der Waals surface area contributed by atoms with Gasteiger partial charge in [-0.1, -0.05) is 104 Å². The van der Waals surface area contributed by atoms with Crippen LogP contribution in [0.4, 0.5) is 0 Å². The lowest BCUT2D eigenvalue weighted by Crippen LogP contribution is -2.03. The van der Waals surface area contributed by atoms with Gasteiger partial charge in [0.2, 0.25) is 0 Å². The van der Waals surface area contributed by atoms with Crippen molar-refractivity contribution >= 4 is 9.52 Å². The topological polar surface area (TPSA) is 0 Å². The van der Waals surface area contributed by atoms with Gasteiger partial charge in [0.1, 0.15) is 9.52 Å². The summed E-state index contributed by atoms with van der Waals surface area (Å²) in [7, 11) is -0.119. The Morgan fingerprint density at radius 2 is 1.05 bits per heavy atom. The fourth-order valence-corrected chi connectivity index (χ4v) is 3.63. The van der Waals surface area contributed by atoms with E-state index >= 15 is 0 Å². The van der Waals surface area contributed by atoms with Crippen molar-refractivity contribution in [3.05, 3.63) is 0 Å². The molecule has 0 amide bonds. The first-order chi connectivity index (χ1) is 10.1. The molecule has 0 aliphatic carbocycles. The monoisotopic (exact) mass is 308 g/mol. The predicted octanol–water partition coefficient (Wildman–Crippen LogP) is 6.28. The van der Waals surface area contributed by atoms with Gasteiger partial charge in [-0.3, -0.25) is 0 Å². The van der Waals surface area contributed by atoms with Crippen molar-refractivity contribution in [3.63, 3.8) is 0 Å². The van der Waals surface area contributed by atoms with E-state index in [2.05, 4.69) is 26.3 Å². The molecule has 1 heteroatoms. The second-order valence-corrected chi connectivity index (χ2v) is 9.48. The quantitative estimate of drug-likeness (QED) is 0.201. The average molecular weight is 309 g/mol. The molecule has 0 saturated heterocycles. The summed E-state index contributed by atoms with van der Waals surface area (Å²) in [5, 5.41) is 0. The second kappa shape index (κ2) is 14.7. The van der Waals surface area contributed by atoms with Crippen LogP contribution in [-0.2, 0) is 0 Å². The number of hydrogen-bond donors (Lipinski definition) is 0. The Hall–Kier alpha value is -0.223. The fraction of sp³-hybridized carbons (Fsp3) is 0.900. The second-order valence-electron chi connectivity index (χ2n) is 7.86. The Morgan fingerprint density at radius 1 is 0.667 bits per heavy atom. The highest BCUT2D eigenvalue weighted by Crippen LogP contribution is 2.22. The van der Waals surface area contributed by atoms with Crippen LogP contribution in [0.5, 0.6) is 0 Å². The molecule has 0 radical (unpaired) electrons. The third-order valence-corrected chi connectivity index (χ3v) is 5.39. The highest BCUT2D eigenvalue weighted by molar-refractivity contribution is 6.45. The molecular weight excluding hydrogens is 268 g/mol. The van der Waals surface area contributed by atoms with Crippen LogP contribution >= 0.6 is 0 Å². The average Bonchev–Trinajstić information content (AvgIpc) is 2.42. The molecule has 0 N–H and O–H groups in total. The third-order valence-electron chi connectivity index (χ3n) is 4.25. The van der Waals surface area contributed by atoms with E-state index in [4.69, 9.17) is 6.42 Å². The Balaban J connectivity index is 3.02. The summed E-state index contributed by atoms with van der Waals surface area (Å²) in [6.45, 7) is 7.05. The highest BCUT2D eigenvalue weighted by Gasteiger charge is 2.08. The molecule has 124 valence electrons. The Kier molecular flexibility index (Phi) is 14.5. The van der Waals surface area contributed by atoms with Crippen LogP contribution in [0.3, 0.4) is 0 Å². The minimum atomic E-state index is -0.119. The zero-order valence-corrected chi connectivity index (χ0v) is 16.6.